The summed E-state index contributed by atoms with van der Waals surface area (Å²) < 4.78 is 0. The Hall–Kier alpha value is -0.240. The monoisotopic (exact) mass is 175 g/mol. The minimum atomic E-state index is 0.0331. The SMILES string of the molecule is CC1CC1CN(C)C(=O)CCl. The van der Waals surface area contributed by atoms with Crippen LogP contribution in [0.3, 0.4) is 0 Å². The molecule has 2 nitrogen and oxygen atoms in total. The number of amides is 1. The summed E-state index contributed by atoms with van der Waals surface area (Å²) in [5.74, 6) is 1.68. The first-order valence-corrected chi connectivity index (χ1v) is 4.48. The minimum Gasteiger partial charge on any atom is -0.344 e. The van der Waals surface area contributed by atoms with Gasteiger partial charge in [-0.2, -0.15) is 0 Å². The zero-order chi connectivity index (χ0) is 8.43. The van der Waals surface area contributed by atoms with Crippen LogP contribution in [0, 0.1) is 11.8 Å². The standard InChI is InChI=1S/C8H14ClNO/c1-6-3-7(6)5-10(2)8(11)4-9/h6-7H,3-5H2,1-2H3. The third-order valence-corrected chi connectivity index (χ3v) is 2.55. The summed E-state index contributed by atoms with van der Waals surface area (Å²) in [5.41, 5.74) is 0. The molecule has 3 heteroatoms. The summed E-state index contributed by atoms with van der Waals surface area (Å²) >= 11 is 5.40. The lowest BCUT2D eigenvalue weighted by Crippen LogP contribution is -2.29. The number of carbonyl (C=O) groups excluding carboxylic acids is 1. The van der Waals surface area contributed by atoms with Gasteiger partial charge in [0.2, 0.25) is 5.91 Å². The third-order valence-electron chi connectivity index (χ3n) is 2.32. The van der Waals surface area contributed by atoms with Crippen molar-refractivity contribution in [2.24, 2.45) is 11.8 Å². The summed E-state index contributed by atoms with van der Waals surface area (Å²) in [7, 11) is 1.82. The number of hydrogen-bond donors (Lipinski definition) is 0. The van der Waals surface area contributed by atoms with Crippen LogP contribution >= 0.6 is 11.6 Å². The predicted octanol–water partition coefficient (Wildman–Crippen LogP) is 1.34. The lowest BCUT2D eigenvalue weighted by Gasteiger charge is -2.14. The molecular weight excluding hydrogens is 162 g/mol. The largest absolute Gasteiger partial charge is 0.344 e. The van der Waals surface area contributed by atoms with E-state index in [-0.39, 0.29) is 11.8 Å². The van der Waals surface area contributed by atoms with Gasteiger partial charge in [0.1, 0.15) is 5.88 Å². The second kappa shape index (κ2) is 3.44. The van der Waals surface area contributed by atoms with E-state index >= 15 is 0 Å². The van der Waals surface area contributed by atoms with E-state index in [1.165, 1.54) is 6.42 Å². The van der Waals surface area contributed by atoms with Crippen molar-refractivity contribution in [3.8, 4) is 0 Å². The summed E-state index contributed by atoms with van der Waals surface area (Å²) in [4.78, 5) is 12.7. The fourth-order valence-corrected chi connectivity index (χ4v) is 1.41. The van der Waals surface area contributed by atoms with Gasteiger partial charge < -0.3 is 4.90 Å². The lowest BCUT2D eigenvalue weighted by atomic mass is 10.3. The summed E-state index contributed by atoms with van der Waals surface area (Å²) in [5, 5.41) is 0. The van der Waals surface area contributed by atoms with E-state index in [4.69, 9.17) is 11.6 Å². The highest BCUT2D eigenvalue weighted by Crippen LogP contribution is 2.37. The van der Waals surface area contributed by atoms with Crippen molar-refractivity contribution in [2.45, 2.75) is 13.3 Å². The number of carbonyl (C=O) groups is 1. The smallest absolute Gasteiger partial charge is 0.237 e. The van der Waals surface area contributed by atoms with Crippen LogP contribution in [-0.4, -0.2) is 30.3 Å². The highest BCUT2D eigenvalue weighted by Gasteiger charge is 2.33. The average molecular weight is 176 g/mol. The van der Waals surface area contributed by atoms with Gasteiger partial charge in [-0.1, -0.05) is 6.92 Å². The third kappa shape index (κ3) is 2.37. The molecule has 0 bridgehead atoms. The van der Waals surface area contributed by atoms with Crippen LogP contribution in [0.2, 0.25) is 0 Å². The Balaban J connectivity index is 2.20. The van der Waals surface area contributed by atoms with Crippen LogP contribution in [0.15, 0.2) is 0 Å². The molecule has 11 heavy (non-hydrogen) atoms. The second-order valence-corrected chi connectivity index (χ2v) is 3.65. The molecule has 64 valence electrons. The van der Waals surface area contributed by atoms with E-state index in [0.717, 1.165) is 18.4 Å². The van der Waals surface area contributed by atoms with Crippen molar-refractivity contribution in [1.82, 2.24) is 4.90 Å². The minimum absolute atomic E-state index is 0.0331. The molecule has 0 N–H and O–H groups in total. The number of alkyl halides is 1. The van der Waals surface area contributed by atoms with Gasteiger partial charge in [0.25, 0.3) is 0 Å². The fourth-order valence-electron chi connectivity index (χ4n) is 1.21. The Morgan fingerprint density at radius 1 is 1.73 bits per heavy atom. The molecule has 0 radical (unpaired) electrons. The van der Waals surface area contributed by atoms with E-state index in [9.17, 15) is 4.79 Å². The zero-order valence-corrected chi connectivity index (χ0v) is 7.77. The lowest BCUT2D eigenvalue weighted by molar-refractivity contribution is -0.127. The fraction of sp³-hybridized carbons (Fsp3) is 0.875. The molecule has 0 spiro atoms. The van der Waals surface area contributed by atoms with Crippen molar-refractivity contribution in [3.05, 3.63) is 0 Å². The van der Waals surface area contributed by atoms with Crippen molar-refractivity contribution >= 4 is 17.5 Å². The highest BCUT2D eigenvalue weighted by molar-refractivity contribution is 6.27. The van der Waals surface area contributed by atoms with Gasteiger partial charge in [-0.25, -0.2) is 0 Å². The molecule has 1 amide bonds. The number of hydrogen-bond acceptors (Lipinski definition) is 1. The van der Waals surface area contributed by atoms with Crippen molar-refractivity contribution in [3.63, 3.8) is 0 Å². The second-order valence-electron chi connectivity index (χ2n) is 3.38. The van der Waals surface area contributed by atoms with E-state index in [1.54, 1.807) is 4.90 Å². The Bertz CT molecular complexity index is 160. The van der Waals surface area contributed by atoms with E-state index in [0.29, 0.717) is 0 Å². The maximum Gasteiger partial charge on any atom is 0.237 e. The highest BCUT2D eigenvalue weighted by atomic mass is 35.5. The van der Waals surface area contributed by atoms with Crippen molar-refractivity contribution in [2.75, 3.05) is 19.5 Å². The quantitative estimate of drug-likeness (QED) is 0.593. The average Bonchev–Trinajstić information content (AvgIpc) is 2.65. The molecule has 1 aliphatic carbocycles. The van der Waals surface area contributed by atoms with Crippen LogP contribution in [0.5, 0.6) is 0 Å². The van der Waals surface area contributed by atoms with Gasteiger partial charge in [0.05, 0.1) is 0 Å². The zero-order valence-electron chi connectivity index (χ0n) is 7.01. The van der Waals surface area contributed by atoms with Gasteiger partial charge >= 0.3 is 0 Å². The molecule has 1 aliphatic rings. The first kappa shape index (κ1) is 8.85. The molecule has 2 atom stereocenters. The van der Waals surface area contributed by atoms with Crippen LogP contribution in [0.4, 0.5) is 0 Å². The summed E-state index contributed by atoms with van der Waals surface area (Å²) in [6, 6.07) is 0. The van der Waals surface area contributed by atoms with Crippen molar-refractivity contribution < 1.29 is 4.79 Å². The molecule has 0 heterocycles. The predicted molar refractivity (Wildman–Crippen MR) is 45.6 cm³/mol. The molecule has 1 rings (SSSR count). The van der Waals surface area contributed by atoms with Gasteiger partial charge in [-0.15, -0.1) is 11.6 Å². The number of rotatable bonds is 3. The molecule has 1 saturated carbocycles. The van der Waals surface area contributed by atoms with Gasteiger partial charge in [0.15, 0.2) is 0 Å². The molecule has 0 aromatic heterocycles. The maximum absolute atomic E-state index is 11.0. The summed E-state index contributed by atoms with van der Waals surface area (Å²) in [6.45, 7) is 3.09. The van der Waals surface area contributed by atoms with E-state index in [2.05, 4.69) is 6.92 Å². The first-order valence-electron chi connectivity index (χ1n) is 3.95. The van der Waals surface area contributed by atoms with Crippen molar-refractivity contribution in [1.29, 1.82) is 0 Å². The number of nitrogens with zero attached hydrogens (tertiary/aromatic N) is 1. The van der Waals surface area contributed by atoms with Gasteiger partial charge in [-0.3, -0.25) is 4.79 Å². The topological polar surface area (TPSA) is 20.3 Å². The van der Waals surface area contributed by atoms with E-state index in [1.807, 2.05) is 7.05 Å². The van der Waals surface area contributed by atoms with Gasteiger partial charge in [-0.05, 0) is 18.3 Å². The van der Waals surface area contributed by atoms with Crippen LogP contribution in [-0.2, 0) is 4.79 Å². The Labute approximate surface area is 72.5 Å². The first-order chi connectivity index (χ1) is 5.15. The molecule has 0 saturated heterocycles. The summed E-state index contributed by atoms with van der Waals surface area (Å²) in [6.07, 6.45) is 1.26. The number of halogens is 1. The van der Waals surface area contributed by atoms with Crippen LogP contribution < -0.4 is 0 Å². The van der Waals surface area contributed by atoms with Gasteiger partial charge in [0, 0.05) is 13.6 Å². The molecule has 0 aromatic carbocycles. The maximum atomic E-state index is 11.0. The Kier molecular flexibility index (Phi) is 2.77. The normalized spacial score (nSPS) is 28.3. The molecule has 0 aromatic rings. The Morgan fingerprint density at radius 2 is 2.27 bits per heavy atom. The van der Waals surface area contributed by atoms with E-state index < -0.39 is 0 Å². The van der Waals surface area contributed by atoms with Crippen LogP contribution in [0.25, 0.3) is 0 Å². The molecular formula is C8H14ClNO. The van der Waals surface area contributed by atoms with Crippen LogP contribution in [0.1, 0.15) is 13.3 Å². The molecule has 0 aliphatic heterocycles. The Morgan fingerprint density at radius 3 is 2.64 bits per heavy atom. The molecule has 2 unspecified atom stereocenters. The molecule has 1 fully saturated rings.